The van der Waals surface area contributed by atoms with Gasteiger partial charge >= 0.3 is 0 Å². The van der Waals surface area contributed by atoms with Gasteiger partial charge in [-0.3, -0.25) is 4.79 Å². The molecule has 0 amide bonds. The van der Waals surface area contributed by atoms with Gasteiger partial charge in [0.15, 0.2) is 5.78 Å². The Morgan fingerprint density at radius 2 is 2.00 bits per heavy atom. The summed E-state index contributed by atoms with van der Waals surface area (Å²) in [6, 6.07) is 0. The Hall–Kier alpha value is -0.790. The summed E-state index contributed by atoms with van der Waals surface area (Å²) in [5.74, 6) is 2.04. The molecule has 1 N–H and O–H groups in total. The van der Waals surface area contributed by atoms with E-state index in [0.717, 1.165) is 24.8 Å². The molecule has 1 fully saturated rings. The third-order valence-corrected chi connectivity index (χ3v) is 3.73. The molecule has 0 saturated heterocycles. The van der Waals surface area contributed by atoms with Crippen LogP contribution >= 0.6 is 0 Å². The minimum atomic E-state index is 0.287. The van der Waals surface area contributed by atoms with Gasteiger partial charge in [0.25, 0.3) is 0 Å². The normalized spacial score (nSPS) is 31.5. The molecule has 0 aromatic heterocycles. The SMILES string of the molecule is CC1CCC(CNC2=CC(=O)CC2)CC1. The zero-order chi connectivity index (χ0) is 10.7. The maximum atomic E-state index is 11.0. The van der Waals surface area contributed by atoms with Gasteiger partial charge in [-0.25, -0.2) is 0 Å². The predicted octanol–water partition coefficient (Wildman–Crippen LogP) is 2.65. The van der Waals surface area contributed by atoms with E-state index in [-0.39, 0.29) is 5.78 Å². The Kier molecular flexibility index (Phi) is 3.45. The van der Waals surface area contributed by atoms with Crippen LogP contribution in [0.3, 0.4) is 0 Å². The van der Waals surface area contributed by atoms with Crippen molar-refractivity contribution in [2.75, 3.05) is 6.54 Å². The minimum absolute atomic E-state index is 0.287. The summed E-state index contributed by atoms with van der Waals surface area (Å²) in [4.78, 5) is 11.0. The second-order valence-corrected chi connectivity index (χ2v) is 5.14. The van der Waals surface area contributed by atoms with Crippen LogP contribution in [0.1, 0.15) is 45.4 Å². The van der Waals surface area contributed by atoms with Gasteiger partial charge in [0.05, 0.1) is 0 Å². The first kappa shape index (κ1) is 10.7. The van der Waals surface area contributed by atoms with Gasteiger partial charge in [-0.15, -0.1) is 0 Å². The lowest BCUT2D eigenvalue weighted by atomic mass is 9.83. The fourth-order valence-electron chi connectivity index (χ4n) is 2.54. The van der Waals surface area contributed by atoms with Gasteiger partial charge in [-0.2, -0.15) is 0 Å². The van der Waals surface area contributed by atoms with Crippen LogP contribution in [-0.4, -0.2) is 12.3 Å². The fourth-order valence-corrected chi connectivity index (χ4v) is 2.54. The number of carbonyl (C=O) groups excluding carboxylic acids is 1. The highest BCUT2D eigenvalue weighted by atomic mass is 16.1. The van der Waals surface area contributed by atoms with E-state index in [4.69, 9.17) is 0 Å². The summed E-state index contributed by atoms with van der Waals surface area (Å²) >= 11 is 0. The van der Waals surface area contributed by atoms with Crippen molar-refractivity contribution < 1.29 is 4.79 Å². The van der Waals surface area contributed by atoms with Gasteiger partial charge in [0.2, 0.25) is 0 Å². The van der Waals surface area contributed by atoms with Crippen LogP contribution in [-0.2, 0) is 4.79 Å². The highest BCUT2D eigenvalue weighted by Gasteiger charge is 2.19. The molecule has 2 rings (SSSR count). The standard InChI is InChI=1S/C13H21NO/c1-10-2-4-11(5-3-10)9-14-12-6-7-13(15)8-12/h8,10-11,14H,2-7,9H2,1H3. The smallest absolute Gasteiger partial charge is 0.157 e. The van der Waals surface area contributed by atoms with E-state index in [1.54, 1.807) is 6.08 Å². The zero-order valence-corrected chi connectivity index (χ0v) is 9.59. The van der Waals surface area contributed by atoms with Crippen LogP contribution < -0.4 is 5.32 Å². The third kappa shape index (κ3) is 3.08. The van der Waals surface area contributed by atoms with E-state index in [9.17, 15) is 4.79 Å². The van der Waals surface area contributed by atoms with Gasteiger partial charge in [0.1, 0.15) is 0 Å². The first-order chi connectivity index (χ1) is 7.24. The average molecular weight is 207 g/mol. The number of nitrogens with one attached hydrogen (secondary N) is 1. The third-order valence-electron chi connectivity index (χ3n) is 3.73. The lowest BCUT2D eigenvalue weighted by molar-refractivity contribution is -0.114. The van der Waals surface area contributed by atoms with Crippen LogP contribution in [0.15, 0.2) is 11.8 Å². The molecule has 2 nitrogen and oxygen atoms in total. The summed E-state index contributed by atoms with van der Waals surface area (Å²) in [6.07, 6.45) is 8.90. The van der Waals surface area contributed by atoms with Gasteiger partial charge < -0.3 is 5.32 Å². The number of hydrogen-bond acceptors (Lipinski definition) is 2. The Morgan fingerprint density at radius 1 is 1.27 bits per heavy atom. The van der Waals surface area contributed by atoms with Crippen molar-refractivity contribution in [2.24, 2.45) is 11.8 Å². The van der Waals surface area contributed by atoms with Crippen LogP contribution in [0.4, 0.5) is 0 Å². The molecule has 2 aliphatic rings. The number of allylic oxidation sites excluding steroid dienone is 2. The molecule has 0 aliphatic heterocycles. The van der Waals surface area contributed by atoms with Gasteiger partial charge in [0, 0.05) is 24.7 Å². The molecule has 2 aliphatic carbocycles. The van der Waals surface area contributed by atoms with E-state index in [1.807, 2.05) is 0 Å². The van der Waals surface area contributed by atoms with Crippen molar-refractivity contribution >= 4 is 5.78 Å². The molecule has 0 bridgehead atoms. The van der Waals surface area contributed by atoms with Crippen molar-refractivity contribution in [3.8, 4) is 0 Å². The molecule has 0 radical (unpaired) electrons. The van der Waals surface area contributed by atoms with Crippen molar-refractivity contribution in [3.05, 3.63) is 11.8 Å². The molecule has 0 unspecified atom stereocenters. The molecule has 15 heavy (non-hydrogen) atoms. The van der Waals surface area contributed by atoms with E-state index >= 15 is 0 Å². The van der Waals surface area contributed by atoms with E-state index in [0.29, 0.717) is 6.42 Å². The maximum absolute atomic E-state index is 11.0. The van der Waals surface area contributed by atoms with Gasteiger partial charge in [-0.1, -0.05) is 19.8 Å². The Labute approximate surface area is 92.1 Å². The summed E-state index contributed by atoms with van der Waals surface area (Å²) in [7, 11) is 0. The lowest BCUT2D eigenvalue weighted by Crippen LogP contribution is -2.25. The van der Waals surface area contributed by atoms with Crippen molar-refractivity contribution in [2.45, 2.75) is 45.4 Å². The van der Waals surface area contributed by atoms with E-state index in [1.165, 1.54) is 31.4 Å². The summed E-state index contributed by atoms with van der Waals surface area (Å²) in [5, 5.41) is 3.44. The molecule has 0 aromatic carbocycles. The zero-order valence-electron chi connectivity index (χ0n) is 9.59. The monoisotopic (exact) mass is 207 g/mol. The first-order valence-electron chi connectivity index (χ1n) is 6.21. The summed E-state index contributed by atoms with van der Waals surface area (Å²) in [5.41, 5.74) is 1.17. The van der Waals surface area contributed by atoms with E-state index < -0.39 is 0 Å². The summed E-state index contributed by atoms with van der Waals surface area (Å²) < 4.78 is 0. The second-order valence-electron chi connectivity index (χ2n) is 5.14. The van der Waals surface area contributed by atoms with Crippen LogP contribution in [0.25, 0.3) is 0 Å². The Balaban J connectivity index is 1.70. The highest BCUT2D eigenvalue weighted by Crippen LogP contribution is 2.28. The maximum Gasteiger partial charge on any atom is 0.157 e. The second kappa shape index (κ2) is 4.82. The molecule has 0 spiro atoms. The van der Waals surface area contributed by atoms with Crippen LogP contribution in [0.5, 0.6) is 0 Å². The van der Waals surface area contributed by atoms with Gasteiger partial charge in [-0.05, 0) is 31.1 Å². The van der Waals surface area contributed by atoms with Crippen LogP contribution in [0.2, 0.25) is 0 Å². The summed E-state index contributed by atoms with van der Waals surface area (Å²) in [6.45, 7) is 3.42. The van der Waals surface area contributed by atoms with Crippen molar-refractivity contribution in [1.29, 1.82) is 0 Å². The van der Waals surface area contributed by atoms with Crippen LogP contribution in [0, 0.1) is 11.8 Å². The molecule has 2 heteroatoms. The molecule has 1 saturated carbocycles. The molecule has 84 valence electrons. The highest BCUT2D eigenvalue weighted by molar-refractivity contribution is 5.92. The molecular formula is C13H21NO. The Bertz CT molecular complexity index is 262. The minimum Gasteiger partial charge on any atom is -0.388 e. The molecule has 0 atom stereocenters. The molecule has 0 aromatic rings. The average Bonchev–Trinajstić information content (AvgIpc) is 2.64. The number of carbonyl (C=O) groups is 1. The fraction of sp³-hybridized carbons (Fsp3) is 0.769. The van der Waals surface area contributed by atoms with E-state index in [2.05, 4.69) is 12.2 Å². The topological polar surface area (TPSA) is 29.1 Å². The Morgan fingerprint density at radius 3 is 2.60 bits per heavy atom. The van der Waals surface area contributed by atoms with Crippen molar-refractivity contribution in [1.82, 2.24) is 5.32 Å². The largest absolute Gasteiger partial charge is 0.388 e. The van der Waals surface area contributed by atoms with Crippen molar-refractivity contribution in [3.63, 3.8) is 0 Å². The first-order valence-corrected chi connectivity index (χ1v) is 6.21. The number of ketones is 1. The molecular weight excluding hydrogens is 186 g/mol. The molecule has 0 heterocycles. The number of rotatable bonds is 3. The predicted molar refractivity (Wildman–Crippen MR) is 61.4 cm³/mol. The number of hydrogen-bond donors (Lipinski definition) is 1. The lowest BCUT2D eigenvalue weighted by Gasteiger charge is -2.26. The quantitative estimate of drug-likeness (QED) is 0.771.